The SMILES string of the molecule is CC1CCC(OCC(=O)c2ccc3c(c2)OCO3)CC1C. The highest BCUT2D eigenvalue weighted by molar-refractivity contribution is 5.97. The molecule has 1 aliphatic carbocycles. The summed E-state index contributed by atoms with van der Waals surface area (Å²) in [5, 5.41) is 0. The lowest BCUT2D eigenvalue weighted by molar-refractivity contribution is 0.00707. The van der Waals surface area contributed by atoms with Crippen molar-refractivity contribution in [2.24, 2.45) is 11.8 Å². The first kappa shape index (κ1) is 14.4. The number of carbonyl (C=O) groups excluding carboxylic acids is 1. The van der Waals surface area contributed by atoms with Gasteiger partial charge in [0, 0.05) is 5.56 Å². The van der Waals surface area contributed by atoms with Crippen LogP contribution in [-0.2, 0) is 4.74 Å². The number of rotatable bonds is 4. The first-order valence-corrected chi connectivity index (χ1v) is 7.68. The van der Waals surface area contributed by atoms with Gasteiger partial charge < -0.3 is 14.2 Å². The van der Waals surface area contributed by atoms with Gasteiger partial charge in [-0.05, 0) is 49.3 Å². The largest absolute Gasteiger partial charge is 0.454 e. The topological polar surface area (TPSA) is 44.8 Å². The first-order chi connectivity index (χ1) is 10.1. The number of carbonyl (C=O) groups is 1. The van der Waals surface area contributed by atoms with Crippen molar-refractivity contribution in [3.8, 4) is 11.5 Å². The van der Waals surface area contributed by atoms with Crippen LogP contribution in [0.2, 0.25) is 0 Å². The molecule has 0 aromatic heterocycles. The van der Waals surface area contributed by atoms with E-state index in [1.165, 1.54) is 6.42 Å². The monoisotopic (exact) mass is 290 g/mol. The molecule has 1 aliphatic heterocycles. The van der Waals surface area contributed by atoms with Crippen LogP contribution in [0.3, 0.4) is 0 Å². The third-order valence-electron chi connectivity index (χ3n) is 4.69. The minimum absolute atomic E-state index is 0.000394. The second-order valence-electron chi connectivity index (χ2n) is 6.19. The number of hydrogen-bond acceptors (Lipinski definition) is 4. The highest BCUT2D eigenvalue weighted by atomic mass is 16.7. The van der Waals surface area contributed by atoms with Crippen molar-refractivity contribution in [1.82, 2.24) is 0 Å². The van der Waals surface area contributed by atoms with E-state index >= 15 is 0 Å². The number of benzene rings is 1. The van der Waals surface area contributed by atoms with Crippen molar-refractivity contribution in [3.05, 3.63) is 23.8 Å². The minimum atomic E-state index is -0.000394. The summed E-state index contributed by atoms with van der Waals surface area (Å²) < 4.78 is 16.4. The number of hydrogen-bond donors (Lipinski definition) is 0. The Morgan fingerprint density at radius 1 is 1.19 bits per heavy atom. The molecule has 0 amide bonds. The molecule has 2 aliphatic rings. The Hall–Kier alpha value is -1.55. The quantitative estimate of drug-likeness (QED) is 0.797. The molecule has 0 saturated heterocycles. The molecule has 1 aromatic carbocycles. The fourth-order valence-electron chi connectivity index (χ4n) is 3.00. The van der Waals surface area contributed by atoms with Crippen LogP contribution in [0.4, 0.5) is 0 Å². The van der Waals surface area contributed by atoms with Crippen molar-refractivity contribution in [2.45, 2.75) is 39.2 Å². The van der Waals surface area contributed by atoms with Gasteiger partial charge in [0.15, 0.2) is 17.3 Å². The zero-order chi connectivity index (χ0) is 14.8. The van der Waals surface area contributed by atoms with Crippen LogP contribution in [0, 0.1) is 11.8 Å². The van der Waals surface area contributed by atoms with Gasteiger partial charge in [0.2, 0.25) is 6.79 Å². The van der Waals surface area contributed by atoms with Gasteiger partial charge in [0.05, 0.1) is 6.10 Å². The van der Waals surface area contributed by atoms with Gasteiger partial charge in [-0.1, -0.05) is 13.8 Å². The van der Waals surface area contributed by atoms with Crippen LogP contribution in [-0.4, -0.2) is 25.3 Å². The minimum Gasteiger partial charge on any atom is -0.454 e. The highest BCUT2D eigenvalue weighted by Crippen LogP contribution is 2.33. The molecular formula is C17H22O4. The molecule has 1 aromatic rings. The summed E-state index contributed by atoms with van der Waals surface area (Å²) in [5.74, 6) is 2.77. The number of ketones is 1. The molecule has 1 saturated carbocycles. The van der Waals surface area contributed by atoms with Crippen LogP contribution >= 0.6 is 0 Å². The summed E-state index contributed by atoms with van der Waals surface area (Å²) in [4.78, 5) is 12.2. The van der Waals surface area contributed by atoms with E-state index in [9.17, 15) is 4.79 Å². The summed E-state index contributed by atoms with van der Waals surface area (Å²) in [5.41, 5.74) is 0.622. The predicted octanol–water partition coefficient (Wildman–Crippen LogP) is 3.44. The lowest BCUT2D eigenvalue weighted by Gasteiger charge is -2.31. The Labute approximate surface area is 125 Å². The van der Waals surface area contributed by atoms with Crippen molar-refractivity contribution < 1.29 is 19.0 Å². The zero-order valence-corrected chi connectivity index (χ0v) is 12.6. The molecule has 0 bridgehead atoms. The Morgan fingerprint density at radius 2 is 2.00 bits per heavy atom. The summed E-state index contributed by atoms with van der Waals surface area (Å²) in [6, 6.07) is 5.28. The third-order valence-corrected chi connectivity index (χ3v) is 4.69. The maximum Gasteiger partial charge on any atom is 0.231 e. The van der Waals surface area contributed by atoms with Gasteiger partial charge in [-0.2, -0.15) is 0 Å². The lowest BCUT2D eigenvalue weighted by atomic mass is 9.80. The molecule has 0 radical (unpaired) electrons. The Kier molecular flexibility index (Phi) is 4.15. The van der Waals surface area contributed by atoms with Gasteiger partial charge in [0.1, 0.15) is 6.61 Å². The highest BCUT2D eigenvalue weighted by Gasteiger charge is 2.25. The molecule has 0 spiro atoms. The van der Waals surface area contributed by atoms with E-state index in [1.54, 1.807) is 18.2 Å². The van der Waals surface area contributed by atoms with Crippen LogP contribution in [0.25, 0.3) is 0 Å². The molecule has 4 nitrogen and oxygen atoms in total. The van der Waals surface area contributed by atoms with E-state index in [4.69, 9.17) is 14.2 Å². The van der Waals surface area contributed by atoms with Gasteiger partial charge in [-0.15, -0.1) is 0 Å². The van der Waals surface area contributed by atoms with E-state index in [1.807, 2.05) is 0 Å². The molecule has 3 unspecified atom stereocenters. The molecule has 3 rings (SSSR count). The normalized spacial score (nSPS) is 27.6. The summed E-state index contributed by atoms with van der Waals surface area (Å²) in [7, 11) is 0. The van der Waals surface area contributed by atoms with Gasteiger partial charge in [-0.25, -0.2) is 0 Å². The average molecular weight is 290 g/mol. The summed E-state index contributed by atoms with van der Waals surface area (Å²) >= 11 is 0. The standard InChI is InChI=1S/C17H22O4/c1-11-3-5-14(7-12(11)2)19-9-15(18)13-4-6-16-17(8-13)21-10-20-16/h4,6,8,11-12,14H,3,5,7,9-10H2,1-2H3. The van der Waals surface area contributed by atoms with E-state index in [-0.39, 0.29) is 25.3 Å². The van der Waals surface area contributed by atoms with Crippen molar-refractivity contribution in [2.75, 3.05) is 13.4 Å². The lowest BCUT2D eigenvalue weighted by Crippen LogP contribution is -2.28. The molecule has 3 atom stereocenters. The van der Waals surface area contributed by atoms with Gasteiger partial charge in [0.25, 0.3) is 0 Å². The Morgan fingerprint density at radius 3 is 2.81 bits per heavy atom. The maximum atomic E-state index is 12.2. The first-order valence-electron chi connectivity index (χ1n) is 7.68. The van der Waals surface area contributed by atoms with Crippen LogP contribution < -0.4 is 9.47 Å². The van der Waals surface area contributed by atoms with Crippen LogP contribution in [0.1, 0.15) is 43.5 Å². The fourth-order valence-corrected chi connectivity index (χ4v) is 3.00. The molecule has 1 heterocycles. The Bertz CT molecular complexity index is 526. The molecule has 0 N–H and O–H groups in total. The summed E-state index contributed by atoms with van der Waals surface area (Å²) in [6.45, 7) is 4.92. The summed E-state index contributed by atoms with van der Waals surface area (Å²) in [6.07, 6.45) is 3.51. The smallest absolute Gasteiger partial charge is 0.231 e. The van der Waals surface area contributed by atoms with E-state index in [0.717, 1.165) is 18.8 Å². The molecule has 21 heavy (non-hydrogen) atoms. The van der Waals surface area contributed by atoms with Gasteiger partial charge in [-0.3, -0.25) is 4.79 Å². The number of fused-ring (bicyclic) bond motifs is 1. The van der Waals surface area contributed by atoms with Crippen LogP contribution in [0.5, 0.6) is 11.5 Å². The van der Waals surface area contributed by atoms with Crippen LogP contribution in [0.15, 0.2) is 18.2 Å². The van der Waals surface area contributed by atoms with Crippen molar-refractivity contribution in [1.29, 1.82) is 0 Å². The maximum absolute atomic E-state index is 12.2. The fraction of sp³-hybridized carbons (Fsp3) is 0.588. The molecule has 1 fully saturated rings. The average Bonchev–Trinajstić information content (AvgIpc) is 2.95. The second kappa shape index (κ2) is 6.06. The molecule has 4 heteroatoms. The molecule has 114 valence electrons. The third kappa shape index (κ3) is 3.21. The van der Waals surface area contributed by atoms with E-state index in [0.29, 0.717) is 23.0 Å². The molecular weight excluding hydrogens is 268 g/mol. The van der Waals surface area contributed by atoms with Crippen molar-refractivity contribution in [3.63, 3.8) is 0 Å². The Balaban J connectivity index is 1.55. The second-order valence-corrected chi connectivity index (χ2v) is 6.19. The van der Waals surface area contributed by atoms with E-state index in [2.05, 4.69) is 13.8 Å². The van der Waals surface area contributed by atoms with Crippen molar-refractivity contribution >= 4 is 5.78 Å². The van der Waals surface area contributed by atoms with E-state index < -0.39 is 0 Å². The number of Topliss-reactive ketones (excluding diaryl/α,β-unsaturated/α-hetero) is 1. The number of ether oxygens (including phenoxy) is 3. The zero-order valence-electron chi connectivity index (χ0n) is 12.6. The predicted molar refractivity (Wildman–Crippen MR) is 78.8 cm³/mol. The van der Waals surface area contributed by atoms with Gasteiger partial charge >= 0.3 is 0 Å².